The highest BCUT2D eigenvalue weighted by Crippen LogP contribution is 2.34. The molecule has 0 atom stereocenters. The summed E-state index contributed by atoms with van der Waals surface area (Å²) in [5, 5.41) is 0.422. The molecule has 3 nitrogen and oxygen atoms in total. The summed E-state index contributed by atoms with van der Waals surface area (Å²) in [4.78, 5) is 18.2. The molecule has 0 fully saturated rings. The second-order valence-corrected chi connectivity index (χ2v) is 4.55. The summed E-state index contributed by atoms with van der Waals surface area (Å²) < 4.78 is 0. The zero-order valence-corrected chi connectivity index (χ0v) is 9.23. The summed E-state index contributed by atoms with van der Waals surface area (Å²) in [7, 11) is 1.77. The number of amides is 1. The largest absolute Gasteiger partial charge is 0.314 e. The van der Waals surface area contributed by atoms with E-state index < -0.39 is 0 Å². The monoisotopic (exact) mass is 228 g/mol. The fourth-order valence-corrected chi connectivity index (χ4v) is 2.45. The molecule has 1 aromatic rings. The van der Waals surface area contributed by atoms with E-state index in [0.717, 1.165) is 16.3 Å². The molecule has 0 bridgehead atoms. The number of fused-ring (bicyclic) bond motifs is 1. The van der Waals surface area contributed by atoms with Crippen LogP contribution >= 0.6 is 23.4 Å². The van der Waals surface area contributed by atoms with Crippen LogP contribution in [0.1, 0.15) is 6.42 Å². The molecule has 0 aliphatic carbocycles. The van der Waals surface area contributed by atoms with E-state index in [0.29, 0.717) is 11.6 Å². The summed E-state index contributed by atoms with van der Waals surface area (Å²) in [6.07, 6.45) is 2.28. The first-order valence-corrected chi connectivity index (χ1v) is 5.60. The molecule has 1 aliphatic heterocycles. The van der Waals surface area contributed by atoms with Crippen molar-refractivity contribution in [3.05, 3.63) is 17.4 Å². The first kappa shape index (κ1) is 9.80. The maximum atomic E-state index is 11.5. The number of aromatic nitrogens is 1. The predicted molar refractivity (Wildman–Crippen MR) is 58.0 cm³/mol. The molecule has 2 heterocycles. The van der Waals surface area contributed by atoms with E-state index in [-0.39, 0.29) is 5.91 Å². The summed E-state index contributed by atoms with van der Waals surface area (Å²) in [5.74, 6) is 0.929. The van der Waals surface area contributed by atoms with Gasteiger partial charge in [0, 0.05) is 36.4 Å². The maximum Gasteiger partial charge on any atom is 0.227 e. The van der Waals surface area contributed by atoms with Crippen molar-refractivity contribution in [1.82, 2.24) is 4.98 Å². The van der Waals surface area contributed by atoms with Crippen molar-refractivity contribution < 1.29 is 4.79 Å². The Balaban J connectivity index is 2.49. The number of thioether (sulfide) groups is 1. The molecule has 0 radical (unpaired) electrons. The molecule has 0 spiro atoms. The first-order valence-electron chi connectivity index (χ1n) is 4.23. The fourth-order valence-electron chi connectivity index (χ4n) is 1.33. The van der Waals surface area contributed by atoms with Crippen LogP contribution in [0.3, 0.4) is 0 Å². The van der Waals surface area contributed by atoms with Crippen molar-refractivity contribution in [3.8, 4) is 0 Å². The number of hydrogen-bond acceptors (Lipinski definition) is 3. The van der Waals surface area contributed by atoms with Crippen molar-refractivity contribution in [3.63, 3.8) is 0 Å². The predicted octanol–water partition coefficient (Wildman–Crippen LogP) is 2.19. The van der Waals surface area contributed by atoms with E-state index in [2.05, 4.69) is 4.98 Å². The van der Waals surface area contributed by atoms with Gasteiger partial charge in [-0.2, -0.15) is 0 Å². The van der Waals surface area contributed by atoms with Gasteiger partial charge in [0.15, 0.2) is 0 Å². The third-order valence-corrected chi connectivity index (χ3v) is 3.36. The Bertz CT molecular complexity index is 383. The lowest BCUT2D eigenvalue weighted by molar-refractivity contribution is -0.117. The van der Waals surface area contributed by atoms with Crippen molar-refractivity contribution >= 4 is 35.0 Å². The van der Waals surface area contributed by atoms with Gasteiger partial charge in [-0.3, -0.25) is 4.79 Å². The Kier molecular flexibility index (Phi) is 2.65. The molecule has 14 heavy (non-hydrogen) atoms. The third kappa shape index (κ3) is 1.72. The van der Waals surface area contributed by atoms with Crippen LogP contribution in [-0.4, -0.2) is 23.7 Å². The van der Waals surface area contributed by atoms with Gasteiger partial charge in [0.05, 0.1) is 5.69 Å². The summed E-state index contributed by atoms with van der Waals surface area (Å²) >= 11 is 7.43. The van der Waals surface area contributed by atoms with Crippen LogP contribution in [0.5, 0.6) is 0 Å². The molecule has 1 aromatic heterocycles. The Labute approximate surface area is 91.5 Å². The Morgan fingerprint density at radius 1 is 1.64 bits per heavy atom. The molecule has 2 rings (SSSR count). The number of carbonyl (C=O) groups is 1. The van der Waals surface area contributed by atoms with Crippen molar-refractivity contribution in [2.24, 2.45) is 0 Å². The number of hydrogen-bond donors (Lipinski definition) is 0. The van der Waals surface area contributed by atoms with Gasteiger partial charge in [-0.25, -0.2) is 4.98 Å². The number of nitrogens with zero attached hydrogens (tertiary/aromatic N) is 2. The highest BCUT2D eigenvalue weighted by atomic mass is 35.5. The molecule has 0 unspecified atom stereocenters. The molecule has 0 saturated heterocycles. The Hall–Kier alpha value is -0.740. The Morgan fingerprint density at radius 3 is 3.21 bits per heavy atom. The highest BCUT2D eigenvalue weighted by Gasteiger charge is 2.19. The van der Waals surface area contributed by atoms with E-state index >= 15 is 0 Å². The van der Waals surface area contributed by atoms with Crippen LogP contribution in [0.15, 0.2) is 17.2 Å². The Morgan fingerprint density at radius 2 is 2.43 bits per heavy atom. The molecule has 0 saturated carbocycles. The zero-order chi connectivity index (χ0) is 10.1. The third-order valence-electron chi connectivity index (χ3n) is 2.12. The molecule has 5 heteroatoms. The van der Waals surface area contributed by atoms with E-state index in [4.69, 9.17) is 11.6 Å². The van der Waals surface area contributed by atoms with Crippen LogP contribution in [0, 0.1) is 0 Å². The van der Waals surface area contributed by atoms with E-state index in [1.54, 1.807) is 36.0 Å². The average Bonchev–Trinajstić information content (AvgIpc) is 2.30. The molecule has 74 valence electrons. The minimum atomic E-state index is 0.124. The molecular weight excluding hydrogens is 220 g/mol. The van der Waals surface area contributed by atoms with Crippen LogP contribution in [0.2, 0.25) is 5.15 Å². The SMILES string of the molecule is CN1C(=O)CCSc2cnc(Cl)cc21. The van der Waals surface area contributed by atoms with Crippen LogP contribution in [0.25, 0.3) is 0 Å². The fraction of sp³-hybridized carbons (Fsp3) is 0.333. The van der Waals surface area contributed by atoms with Crippen LogP contribution in [-0.2, 0) is 4.79 Å². The molecule has 1 aliphatic rings. The number of rotatable bonds is 0. The van der Waals surface area contributed by atoms with Crippen molar-refractivity contribution in [2.45, 2.75) is 11.3 Å². The van der Waals surface area contributed by atoms with E-state index in [1.165, 1.54) is 0 Å². The number of anilines is 1. The van der Waals surface area contributed by atoms with Crippen molar-refractivity contribution in [2.75, 3.05) is 17.7 Å². The number of halogens is 1. The minimum Gasteiger partial charge on any atom is -0.314 e. The molecular formula is C9H9ClN2OS. The minimum absolute atomic E-state index is 0.124. The topological polar surface area (TPSA) is 33.2 Å². The van der Waals surface area contributed by atoms with Gasteiger partial charge in [0.2, 0.25) is 5.91 Å². The van der Waals surface area contributed by atoms with Gasteiger partial charge in [-0.1, -0.05) is 11.6 Å². The lowest BCUT2D eigenvalue weighted by Gasteiger charge is -2.16. The quantitative estimate of drug-likeness (QED) is 0.639. The van der Waals surface area contributed by atoms with Gasteiger partial charge in [-0.15, -0.1) is 11.8 Å². The van der Waals surface area contributed by atoms with Gasteiger partial charge >= 0.3 is 0 Å². The van der Waals surface area contributed by atoms with E-state index in [1.807, 2.05) is 0 Å². The number of carbonyl (C=O) groups excluding carboxylic acids is 1. The van der Waals surface area contributed by atoms with E-state index in [9.17, 15) is 4.79 Å². The smallest absolute Gasteiger partial charge is 0.227 e. The normalized spacial score (nSPS) is 16.4. The number of pyridine rings is 1. The van der Waals surface area contributed by atoms with Crippen LogP contribution in [0.4, 0.5) is 5.69 Å². The molecule has 1 amide bonds. The maximum absolute atomic E-state index is 11.5. The van der Waals surface area contributed by atoms with Crippen LogP contribution < -0.4 is 4.90 Å². The summed E-state index contributed by atoms with van der Waals surface area (Å²) in [6, 6.07) is 1.73. The first-order chi connectivity index (χ1) is 6.68. The zero-order valence-electron chi connectivity index (χ0n) is 7.66. The lowest BCUT2D eigenvalue weighted by Crippen LogP contribution is -2.25. The van der Waals surface area contributed by atoms with Gasteiger partial charge in [0.1, 0.15) is 5.15 Å². The van der Waals surface area contributed by atoms with Gasteiger partial charge < -0.3 is 4.90 Å². The standard InChI is InChI=1S/C9H9ClN2OS/c1-12-6-4-8(10)11-5-7(6)14-3-2-9(12)13/h4-5H,2-3H2,1H3. The second-order valence-electron chi connectivity index (χ2n) is 3.03. The van der Waals surface area contributed by atoms with Crippen molar-refractivity contribution in [1.29, 1.82) is 0 Å². The van der Waals surface area contributed by atoms with Gasteiger partial charge in [-0.05, 0) is 0 Å². The lowest BCUT2D eigenvalue weighted by atomic mass is 10.3. The highest BCUT2D eigenvalue weighted by molar-refractivity contribution is 7.99. The summed E-state index contributed by atoms with van der Waals surface area (Å²) in [5.41, 5.74) is 0.859. The summed E-state index contributed by atoms with van der Waals surface area (Å²) in [6.45, 7) is 0. The van der Waals surface area contributed by atoms with Gasteiger partial charge in [0.25, 0.3) is 0 Å². The molecule has 0 aromatic carbocycles. The molecule has 0 N–H and O–H groups in total. The second kappa shape index (κ2) is 3.79. The average molecular weight is 229 g/mol.